The van der Waals surface area contributed by atoms with Gasteiger partial charge in [0.1, 0.15) is 22.3 Å². The summed E-state index contributed by atoms with van der Waals surface area (Å²) >= 11 is 6.36. The first-order valence-corrected chi connectivity index (χ1v) is 15.1. The minimum atomic E-state index is -0.666. The van der Waals surface area contributed by atoms with Gasteiger partial charge in [-0.15, -0.1) is 12.6 Å². The third-order valence-electron chi connectivity index (χ3n) is 7.40. The van der Waals surface area contributed by atoms with E-state index in [9.17, 15) is 4.79 Å². The van der Waals surface area contributed by atoms with Gasteiger partial charge in [0.15, 0.2) is 0 Å². The standard InChI is InChI=1S/C32H46N2O3S2/c1-11-22-14-16-24(25(12-2)34-22)27-17-21-13-15-23(18-26(21)37-27)39-32(10,38)33-20-36-28(35)31(9,30(6,7)8)19-29(3,4)5/h13-18,33,38H,11-12,19-20H2,1-10H3. The Labute approximate surface area is 244 Å². The summed E-state index contributed by atoms with van der Waals surface area (Å²) in [6.45, 7) is 21.1. The summed E-state index contributed by atoms with van der Waals surface area (Å²) < 4.78 is 11.4. The number of thiol groups is 1. The Balaban J connectivity index is 1.70. The zero-order chi connectivity index (χ0) is 29.2. The maximum atomic E-state index is 13.3. The van der Waals surface area contributed by atoms with Gasteiger partial charge in [-0.3, -0.25) is 15.1 Å². The predicted molar refractivity (Wildman–Crippen MR) is 167 cm³/mol. The molecule has 0 aliphatic rings. The molecule has 7 heteroatoms. The normalized spacial score (nSPS) is 15.7. The van der Waals surface area contributed by atoms with Gasteiger partial charge in [-0.1, -0.05) is 67.2 Å². The van der Waals surface area contributed by atoms with Crippen LogP contribution < -0.4 is 5.32 Å². The number of carbonyl (C=O) groups excluding carboxylic acids is 1. The molecule has 2 heterocycles. The molecule has 2 atom stereocenters. The second-order valence-corrected chi connectivity index (χ2v) is 15.7. The lowest BCUT2D eigenvalue weighted by Gasteiger charge is -2.43. The Morgan fingerprint density at radius 3 is 2.28 bits per heavy atom. The smallest absolute Gasteiger partial charge is 0.313 e. The van der Waals surface area contributed by atoms with Gasteiger partial charge in [0.2, 0.25) is 0 Å². The Kier molecular flexibility index (Phi) is 9.61. The molecule has 0 saturated carbocycles. The molecule has 0 amide bonds. The van der Waals surface area contributed by atoms with Crippen molar-refractivity contribution < 1.29 is 13.9 Å². The molecule has 1 N–H and O–H groups in total. The van der Waals surface area contributed by atoms with E-state index in [0.717, 1.165) is 57.8 Å². The molecule has 39 heavy (non-hydrogen) atoms. The van der Waals surface area contributed by atoms with E-state index in [2.05, 4.69) is 91.0 Å². The number of ether oxygens (including phenoxy) is 1. The number of thioether (sulfide) groups is 1. The van der Waals surface area contributed by atoms with Crippen LogP contribution in [0.3, 0.4) is 0 Å². The summed E-state index contributed by atoms with van der Waals surface area (Å²) in [6, 6.07) is 12.4. The van der Waals surface area contributed by atoms with Crippen molar-refractivity contribution in [3.63, 3.8) is 0 Å². The first-order chi connectivity index (χ1) is 18.0. The Bertz CT molecular complexity index is 1300. The number of furan rings is 1. The number of esters is 1. The quantitative estimate of drug-likeness (QED) is 0.110. The van der Waals surface area contributed by atoms with Crippen LogP contribution in [0, 0.1) is 16.2 Å². The monoisotopic (exact) mass is 570 g/mol. The van der Waals surface area contributed by atoms with Crippen LogP contribution in [0.2, 0.25) is 0 Å². The van der Waals surface area contributed by atoms with Crippen LogP contribution in [0.5, 0.6) is 0 Å². The highest BCUT2D eigenvalue weighted by atomic mass is 32.2. The molecule has 0 bridgehead atoms. The fourth-order valence-electron chi connectivity index (χ4n) is 4.81. The van der Waals surface area contributed by atoms with Crippen molar-refractivity contribution in [3.05, 3.63) is 47.8 Å². The van der Waals surface area contributed by atoms with Crippen LogP contribution >= 0.6 is 24.4 Å². The van der Waals surface area contributed by atoms with Crippen LogP contribution in [0.15, 0.2) is 45.7 Å². The number of benzene rings is 1. The summed E-state index contributed by atoms with van der Waals surface area (Å²) in [6.07, 6.45) is 2.50. The van der Waals surface area contributed by atoms with Gasteiger partial charge in [0, 0.05) is 21.5 Å². The van der Waals surface area contributed by atoms with Crippen LogP contribution in [-0.2, 0) is 22.4 Å². The molecule has 3 aromatic rings. The van der Waals surface area contributed by atoms with Crippen molar-refractivity contribution in [2.45, 2.75) is 97.6 Å². The number of fused-ring (bicyclic) bond motifs is 1. The highest BCUT2D eigenvalue weighted by Crippen LogP contribution is 2.47. The molecular formula is C32H46N2O3S2. The minimum absolute atomic E-state index is 0.000330. The van der Waals surface area contributed by atoms with Crippen LogP contribution in [0.4, 0.5) is 0 Å². The SMILES string of the molecule is CCc1ccc(-c2cc3ccc(SC(C)(S)NCOC(=O)C(C)(CC(C)(C)C)C(C)(C)C)cc3o2)c(CC)n1. The highest BCUT2D eigenvalue weighted by Gasteiger charge is 2.47. The highest BCUT2D eigenvalue weighted by molar-refractivity contribution is 8.11. The van der Waals surface area contributed by atoms with Crippen molar-refractivity contribution in [1.82, 2.24) is 10.3 Å². The van der Waals surface area contributed by atoms with Gasteiger partial charge in [-0.25, -0.2) is 0 Å². The third-order valence-corrected chi connectivity index (χ3v) is 8.86. The number of hydrogen-bond donors (Lipinski definition) is 2. The van der Waals surface area contributed by atoms with Gasteiger partial charge >= 0.3 is 5.97 Å². The Morgan fingerprint density at radius 2 is 1.69 bits per heavy atom. The molecule has 3 rings (SSSR count). The van der Waals surface area contributed by atoms with Gasteiger partial charge in [-0.05, 0) is 80.3 Å². The Morgan fingerprint density at radius 1 is 1.00 bits per heavy atom. The summed E-state index contributed by atoms with van der Waals surface area (Å²) in [7, 11) is 0. The molecule has 2 aromatic heterocycles. The number of pyridine rings is 1. The average Bonchev–Trinajstić information content (AvgIpc) is 3.24. The molecule has 0 fully saturated rings. The maximum absolute atomic E-state index is 13.3. The van der Waals surface area contributed by atoms with E-state index in [0.29, 0.717) is 0 Å². The number of rotatable bonds is 10. The van der Waals surface area contributed by atoms with E-state index in [1.165, 1.54) is 0 Å². The van der Waals surface area contributed by atoms with E-state index >= 15 is 0 Å². The van der Waals surface area contributed by atoms with E-state index in [1.54, 1.807) is 11.8 Å². The number of nitrogens with zero attached hydrogens (tertiary/aromatic N) is 1. The van der Waals surface area contributed by atoms with Gasteiger partial charge < -0.3 is 9.15 Å². The molecule has 0 saturated heterocycles. The zero-order valence-electron chi connectivity index (χ0n) is 25.3. The second-order valence-electron chi connectivity index (χ2n) is 13.0. The molecule has 0 spiro atoms. The van der Waals surface area contributed by atoms with Gasteiger partial charge in [0.25, 0.3) is 0 Å². The first kappa shape index (κ1) is 31.6. The zero-order valence-corrected chi connectivity index (χ0v) is 27.0. The van der Waals surface area contributed by atoms with E-state index < -0.39 is 9.62 Å². The van der Waals surface area contributed by atoms with Gasteiger partial charge in [-0.2, -0.15) is 0 Å². The lowest BCUT2D eigenvalue weighted by Crippen LogP contribution is -2.46. The average molecular weight is 571 g/mol. The predicted octanol–water partition coefficient (Wildman–Crippen LogP) is 8.89. The lowest BCUT2D eigenvalue weighted by molar-refractivity contribution is -0.165. The number of aryl methyl sites for hydroxylation is 2. The summed E-state index contributed by atoms with van der Waals surface area (Å²) in [5.74, 6) is 0.638. The fourth-order valence-corrected chi connectivity index (χ4v) is 6.08. The molecule has 0 radical (unpaired) electrons. The molecule has 2 unspecified atom stereocenters. The summed E-state index contributed by atoms with van der Waals surface area (Å²) in [5, 5.41) is 4.32. The van der Waals surface area contributed by atoms with Crippen molar-refractivity contribution >= 4 is 41.3 Å². The van der Waals surface area contributed by atoms with Crippen LogP contribution in [-0.4, -0.2) is 21.9 Å². The van der Waals surface area contributed by atoms with Crippen molar-refractivity contribution in [2.24, 2.45) is 16.2 Å². The van der Waals surface area contributed by atoms with Crippen LogP contribution in [0.25, 0.3) is 22.3 Å². The molecule has 5 nitrogen and oxygen atoms in total. The second kappa shape index (κ2) is 11.9. The number of nitrogens with one attached hydrogen (secondary N) is 1. The summed E-state index contributed by atoms with van der Waals surface area (Å²) in [5.41, 5.74) is 3.15. The molecular weight excluding hydrogens is 524 g/mol. The maximum Gasteiger partial charge on any atom is 0.313 e. The first-order valence-electron chi connectivity index (χ1n) is 13.8. The van der Waals surface area contributed by atoms with Crippen molar-refractivity contribution in [2.75, 3.05) is 6.73 Å². The molecule has 0 aliphatic carbocycles. The van der Waals surface area contributed by atoms with Crippen LogP contribution in [0.1, 0.15) is 87.0 Å². The molecule has 1 aromatic carbocycles. The van der Waals surface area contributed by atoms with E-state index in [-0.39, 0.29) is 23.5 Å². The largest absolute Gasteiger partial charge is 0.456 e. The van der Waals surface area contributed by atoms with E-state index in [1.807, 2.05) is 19.9 Å². The third kappa shape index (κ3) is 7.83. The fraction of sp³-hybridized carbons (Fsp3) is 0.562. The lowest BCUT2D eigenvalue weighted by atomic mass is 9.61. The molecule has 0 aliphatic heterocycles. The number of hydrogen-bond acceptors (Lipinski definition) is 7. The number of aromatic nitrogens is 1. The number of carbonyl (C=O) groups is 1. The summed E-state index contributed by atoms with van der Waals surface area (Å²) in [4.78, 5) is 19.1. The van der Waals surface area contributed by atoms with E-state index in [4.69, 9.17) is 26.8 Å². The van der Waals surface area contributed by atoms with Crippen molar-refractivity contribution in [3.8, 4) is 11.3 Å². The Hall–Kier alpha value is -1.96. The minimum Gasteiger partial charge on any atom is -0.456 e. The van der Waals surface area contributed by atoms with Crippen molar-refractivity contribution in [1.29, 1.82) is 0 Å². The molecule has 214 valence electrons. The van der Waals surface area contributed by atoms with Gasteiger partial charge in [0.05, 0.1) is 11.1 Å². The topological polar surface area (TPSA) is 64.4 Å².